The first kappa shape index (κ1) is 13.6. The minimum absolute atomic E-state index is 0. The molecule has 1 saturated heterocycles. The van der Waals surface area contributed by atoms with E-state index >= 15 is 0 Å². The number of halogens is 2. The molecule has 2 rings (SSSR count). The molecule has 0 unspecified atom stereocenters. The Morgan fingerprint density at radius 3 is 2.81 bits per heavy atom. The molecule has 1 aliphatic rings. The van der Waals surface area contributed by atoms with Crippen molar-refractivity contribution in [1.29, 1.82) is 0 Å². The second kappa shape index (κ2) is 5.71. The van der Waals surface area contributed by atoms with Crippen molar-refractivity contribution in [2.24, 2.45) is 11.7 Å². The van der Waals surface area contributed by atoms with Crippen molar-refractivity contribution < 1.29 is 0 Å². The van der Waals surface area contributed by atoms with E-state index in [2.05, 4.69) is 16.8 Å². The van der Waals surface area contributed by atoms with Crippen LogP contribution < -0.4 is 10.6 Å². The van der Waals surface area contributed by atoms with Crippen LogP contribution in [0.25, 0.3) is 0 Å². The molecule has 0 bridgehead atoms. The lowest BCUT2D eigenvalue weighted by atomic mass is 9.94. The van der Waals surface area contributed by atoms with Gasteiger partial charge >= 0.3 is 0 Å². The summed E-state index contributed by atoms with van der Waals surface area (Å²) in [6.45, 7) is 4.17. The van der Waals surface area contributed by atoms with Crippen LogP contribution in [0.2, 0.25) is 5.15 Å². The fourth-order valence-corrected chi connectivity index (χ4v) is 2.00. The molecule has 0 amide bonds. The number of pyridine rings is 1. The van der Waals surface area contributed by atoms with Crippen LogP contribution in [0, 0.1) is 5.92 Å². The van der Waals surface area contributed by atoms with E-state index in [1.165, 1.54) is 0 Å². The summed E-state index contributed by atoms with van der Waals surface area (Å²) in [5.74, 6) is 0.613. The molecule has 1 fully saturated rings. The maximum Gasteiger partial charge on any atom is 0.129 e. The lowest BCUT2D eigenvalue weighted by Gasteiger charge is -2.36. The molecule has 3 nitrogen and oxygen atoms in total. The van der Waals surface area contributed by atoms with Crippen LogP contribution in [0.15, 0.2) is 18.3 Å². The Balaban J connectivity index is 0.00000128. The van der Waals surface area contributed by atoms with Gasteiger partial charge in [-0.3, -0.25) is 0 Å². The lowest BCUT2D eigenvalue weighted by molar-refractivity contribution is 0.379. The third kappa shape index (κ3) is 3.00. The summed E-state index contributed by atoms with van der Waals surface area (Å²) in [4.78, 5) is 6.35. The van der Waals surface area contributed by atoms with Crippen LogP contribution in [0.5, 0.6) is 0 Å². The zero-order valence-corrected chi connectivity index (χ0v) is 10.8. The standard InChI is InChI=1S/C11H16ClN3.ClH/c1-8-4-5-15(7-10(8)13)9-2-3-11(12)14-6-9;/h2-3,6,8,10H,4-5,7,13H2,1H3;1H/t8-,10+;/m1./s1. The van der Waals surface area contributed by atoms with Crippen molar-refractivity contribution >= 4 is 29.7 Å². The molecule has 0 saturated carbocycles. The molecule has 5 heteroatoms. The second-order valence-electron chi connectivity index (χ2n) is 4.21. The van der Waals surface area contributed by atoms with Crippen LogP contribution in [0.3, 0.4) is 0 Å². The Morgan fingerprint density at radius 2 is 2.25 bits per heavy atom. The first-order valence-electron chi connectivity index (χ1n) is 5.29. The summed E-state index contributed by atoms with van der Waals surface area (Å²) in [7, 11) is 0. The van der Waals surface area contributed by atoms with Gasteiger partial charge in [0.2, 0.25) is 0 Å². The molecule has 0 aliphatic carbocycles. The molecule has 1 aromatic heterocycles. The third-order valence-electron chi connectivity index (χ3n) is 3.09. The molecule has 2 atom stereocenters. The molecule has 1 aromatic rings. The monoisotopic (exact) mass is 261 g/mol. The van der Waals surface area contributed by atoms with Crippen LogP contribution in [0.1, 0.15) is 13.3 Å². The van der Waals surface area contributed by atoms with Crippen molar-refractivity contribution in [3.05, 3.63) is 23.5 Å². The summed E-state index contributed by atoms with van der Waals surface area (Å²) < 4.78 is 0. The van der Waals surface area contributed by atoms with Crippen LogP contribution >= 0.6 is 24.0 Å². The summed E-state index contributed by atoms with van der Waals surface area (Å²) in [6.07, 6.45) is 2.95. The molecule has 2 N–H and O–H groups in total. The van der Waals surface area contributed by atoms with Gasteiger partial charge in [-0.2, -0.15) is 0 Å². The number of nitrogens with zero attached hydrogens (tertiary/aromatic N) is 2. The zero-order valence-electron chi connectivity index (χ0n) is 9.27. The van der Waals surface area contributed by atoms with Gasteiger partial charge in [0, 0.05) is 19.1 Å². The Morgan fingerprint density at radius 1 is 1.50 bits per heavy atom. The van der Waals surface area contributed by atoms with Gasteiger partial charge < -0.3 is 10.6 Å². The van der Waals surface area contributed by atoms with Crippen molar-refractivity contribution in [2.75, 3.05) is 18.0 Å². The highest BCUT2D eigenvalue weighted by Crippen LogP contribution is 2.22. The minimum atomic E-state index is 0. The van der Waals surface area contributed by atoms with E-state index in [0.29, 0.717) is 11.1 Å². The van der Waals surface area contributed by atoms with Crippen molar-refractivity contribution in [3.8, 4) is 0 Å². The van der Waals surface area contributed by atoms with E-state index in [1.54, 1.807) is 0 Å². The number of hydrogen-bond acceptors (Lipinski definition) is 3. The van der Waals surface area contributed by atoms with Crippen molar-refractivity contribution in [2.45, 2.75) is 19.4 Å². The SMILES string of the molecule is C[C@@H]1CCN(c2ccc(Cl)nc2)C[C@@H]1N.Cl. The van der Waals surface area contributed by atoms with Crippen molar-refractivity contribution in [3.63, 3.8) is 0 Å². The minimum Gasteiger partial charge on any atom is -0.369 e. The van der Waals surface area contributed by atoms with E-state index in [0.717, 1.165) is 25.2 Å². The molecular formula is C11H17Cl2N3. The van der Waals surface area contributed by atoms with E-state index < -0.39 is 0 Å². The van der Waals surface area contributed by atoms with E-state index in [4.69, 9.17) is 17.3 Å². The summed E-state index contributed by atoms with van der Waals surface area (Å²) >= 11 is 5.75. The van der Waals surface area contributed by atoms with Gasteiger partial charge in [-0.1, -0.05) is 18.5 Å². The molecule has 90 valence electrons. The molecule has 2 heterocycles. The smallest absolute Gasteiger partial charge is 0.129 e. The Bertz CT molecular complexity index is 329. The molecule has 0 aromatic carbocycles. The van der Waals surface area contributed by atoms with Gasteiger partial charge in [0.15, 0.2) is 0 Å². The molecular weight excluding hydrogens is 245 g/mol. The summed E-state index contributed by atoms with van der Waals surface area (Å²) in [5, 5.41) is 0.536. The highest BCUT2D eigenvalue weighted by Gasteiger charge is 2.23. The number of rotatable bonds is 1. The first-order valence-corrected chi connectivity index (χ1v) is 5.66. The number of anilines is 1. The van der Waals surface area contributed by atoms with Gasteiger partial charge in [0.1, 0.15) is 5.15 Å². The highest BCUT2D eigenvalue weighted by atomic mass is 35.5. The predicted molar refractivity (Wildman–Crippen MR) is 70.5 cm³/mol. The van der Waals surface area contributed by atoms with Crippen molar-refractivity contribution in [1.82, 2.24) is 4.98 Å². The number of nitrogens with two attached hydrogens (primary N) is 1. The summed E-state index contributed by atoms with van der Waals surface area (Å²) in [5.41, 5.74) is 7.16. The molecule has 0 radical (unpaired) electrons. The Labute approximate surface area is 107 Å². The fourth-order valence-electron chi connectivity index (χ4n) is 1.89. The van der Waals surface area contributed by atoms with E-state index in [1.807, 2.05) is 18.3 Å². The summed E-state index contributed by atoms with van der Waals surface area (Å²) in [6, 6.07) is 4.08. The first-order chi connectivity index (χ1) is 7.16. The van der Waals surface area contributed by atoms with Gasteiger partial charge in [-0.05, 0) is 24.5 Å². The quantitative estimate of drug-likeness (QED) is 0.790. The van der Waals surface area contributed by atoms with Gasteiger partial charge in [0.05, 0.1) is 11.9 Å². The van der Waals surface area contributed by atoms with Gasteiger partial charge in [-0.25, -0.2) is 4.98 Å². The molecule has 0 spiro atoms. The Hall–Kier alpha value is -0.510. The molecule has 1 aliphatic heterocycles. The highest BCUT2D eigenvalue weighted by molar-refractivity contribution is 6.29. The maximum atomic E-state index is 6.05. The van der Waals surface area contributed by atoms with Gasteiger partial charge in [0.25, 0.3) is 0 Å². The zero-order chi connectivity index (χ0) is 10.8. The van der Waals surface area contributed by atoms with E-state index in [-0.39, 0.29) is 18.4 Å². The average Bonchev–Trinajstić information content (AvgIpc) is 2.23. The average molecular weight is 262 g/mol. The van der Waals surface area contributed by atoms with Gasteiger partial charge in [-0.15, -0.1) is 12.4 Å². The second-order valence-corrected chi connectivity index (χ2v) is 4.60. The largest absolute Gasteiger partial charge is 0.369 e. The van der Waals surface area contributed by atoms with Crippen LogP contribution in [-0.4, -0.2) is 24.1 Å². The lowest BCUT2D eigenvalue weighted by Crippen LogP contribution is -2.47. The normalized spacial score (nSPS) is 25.1. The number of hydrogen-bond donors (Lipinski definition) is 1. The fraction of sp³-hybridized carbons (Fsp3) is 0.545. The third-order valence-corrected chi connectivity index (χ3v) is 3.32. The van der Waals surface area contributed by atoms with Crippen LogP contribution in [0.4, 0.5) is 5.69 Å². The topological polar surface area (TPSA) is 42.2 Å². The number of aromatic nitrogens is 1. The maximum absolute atomic E-state index is 6.05. The van der Waals surface area contributed by atoms with Crippen LogP contribution in [-0.2, 0) is 0 Å². The Kier molecular flexibility index (Phi) is 4.84. The predicted octanol–water partition coefficient (Wildman–Crippen LogP) is 2.33. The van der Waals surface area contributed by atoms with E-state index in [9.17, 15) is 0 Å². The number of piperidine rings is 1. The molecule has 16 heavy (non-hydrogen) atoms.